The van der Waals surface area contributed by atoms with Gasteiger partial charge in [0.05, 0.1) is 18.2 Å². The lowest BCUT2D eigenvalue weighted by atomic mass is 10.0. The van der Waals surface area contributed by atoms with Crippen LogP contribution in [0.3, 0.4) is 0 Å². The van der Waals surface area contributed by atoms with Gasteiger partial charge in [-0.05, 0) is 41.5 Å². The van der Waals surface area contributed by atoms with E-state index in [4.69, 9.17) is 0 Å². The number of fused-ring (bicyclic) bond motifs is 1. The van der Waals surface area contributed by atoms with Crippen molar-refractivity contribution in [3.8, 4) is 10.6 Å². The van der Waals surface area contributed by atoms with Gasteiger partial charge in [0, 0.05) is 10.9 Å². The van der Waals surface area contributed by atoms with Gasteiger partial charge in [-0.25, -0.2) is 9.37 Å². The summed E-state index contributed by atoms with van der Waals surface area (Å²) in [5.74, 6) is -0.382. The van der Waals surface area contributed by atoms with Gasteiger partial charge in [-0.15, -0.1) is 11.3 Å². The third kappa shape index (κ3) is 4.10. The Labute approximate surface area is 166 Å². The van der Waals surface area contributed by atoms with E-state index < -0.39 is 0 Å². The molecular weight excluding hydrogens is 371 g/mol. The van der Waals surface area contributed by atoms with Gasteiger partial charge in [-0.3, -0.25) is 4.79 Å². The Bertz CT molecular complexity index is 1140. The maximum absolute atomic E-state index is 13.4. The number of hydrogen-bond donors (Lipinski definition) is 1. The Hall–Kier alpha value is -3.05. The second kappa shape index (κ2) is 7.90. The molecule has 28 heavy (non-hydrogen) atoms. The Morgan fingerprint density at radius 1 is 1.07 bits per heavy atom. The Morgan fingerprint density at radius 2 is 1.89 bits per heavy atom. The van der Waals surface area contributed by atoms with Crippen LogP contribution in [-0.4, -0.2) is 10.9 Å². The van der Waals surface area contributed by atoms with Gasteiger partial charge in [-0.1, -0.05) is 48.5 Å². The molecule has 3 aromatic carbocycles. The summed E-state index contributed by atoms with van der Waals surface area (Å²) in [5, 5.41) is 7.92. The summed E-state index contributed by atoms with van der Waals surface area (Å²) < 4.78 is 13.4. The van der Waals surface area contributed by atoms with E-state index in [-0.39, 0.29) is 24.2 Å². The number of carbonyl (C=O) groups excluding carboxylic acids is 1. The van der Waals surface area contributed by atoms with E-state index in [1.807, 2.05) is 36.6 Å². The zero-order valence-corrected chi connectivity index (χ0v) is 16.2. The predicted molar refractivity (Wildman–Crippen MR) is 112 cm³/mol. The highest BCUT2D eigenvalue weighted by Crippen LogP contribution is 2.25. The molecule has 4 aromatic rings. The molecule has 1 unspecified atom stereocenters. The summed E-state index contributed by atoms with van der Waals surface area (Å²) in [7, 11) is 0. The molecule has 0 radical (unpaired) electrons. The van der Waals surface area contributed by atoms with Crippen LogP contribution in [0.5, 0.6) is 0 Å². The Balaban J connectivity index is 1.42. The zero-order valence-electron chi connectivity index (χ0n) is 15.4. The van der Waals surface area contributed by atoms with Crippen LogP contribution in [0.25, 0.3) is 21.3 Å². The number of nitrogens with zero attached hydrogens (tertiary/aromatic N) is 1. The van der Waals surface area contributed by atoms with Gasteiger partial charge < -0.3 is 5.32 Å². The minimum absolute atomic E-state index is 0.0863. The smallest absolute Gasteiger partial charge is 0.226 e. The van der Waals surface area contributed by atoms with Gasteiger partial charge in [0.2, 0.25) is 5.91 Å². The SMILES string of the molecule is CC(NC(=O)Cc1csc(-c2cccc(F)c2)n1)c1ccc2ccccc2c1. The summed E-state index contributed by atoms with van der Waals surface area (Å²) in [5.41, 5.74) is 2.47. The third-order valence-electron chi connectivity index (χ3n) is 4.62. The number of carbonyl (C=O) groups is 1. The van der Waals surface area contributed by atoms with E-state index in [0.717, 1.165) is 16.5 Å². The second-order valence-corrected chi connectivity index (χ2v) is 7.59. The molecule has 1 amide bonds. The van der Waals surface area contributed by atoms with Crippen molar-refractivity contribution in [2.75, 3.05) is 0 Å². The van der Waals surface area contributed by atoms with Crippen molar-refractivity contribution >= 4 is 28.0 Å². The molecule has 140 valence electrons. The highest BCUT2D eigenvalue weighted by molar-refractivity contribution is 7.13. The third-order valence-corrected chi connectivity index (χ3v) is 5.56. The first-order valence-corrected chi connectivity index (χ1v) is 9.95. The number of nitrogens with one attached hydrogen (secondary N) is 1. The van der Waals surface area contributed by atoms with Crippen molar-refractivity contribution < 1.29 is 9.18 Å². The van der Waals surface area contributed by atoms with E-state index in [9.17, 15) is 9.18 Å². The number of benzene rings is 3. The lowest BCUT2D eigenvalue weighted by Crippen LogP contribution is -2.28. The summed E-state index contributed by atoms with van der Waals surface area (Å²) >= 11 is 1.41. The van der Waals surface area contributed by atoms with E-state index >= 15 is 0 Å². The monoisotopic (exact) mass is 390 g/mol. The fourth-order valence-corrected chi connectivity index (χ4v) is 3.98. The molecule has 1 N–H and O–H groups in total. The van der Waals surface area contributed by atoms with Crippen molar-refractivity contribution in [1.29, 1.82) is 0 Å². The number of aromatic nitrogens is 1. The van der Waals surface area contributed by atoms with Crippen LogP contribution in [0, 0.1) is 5.82 Å². The summed E-state index contributed by atoms with van der Waals surface area (Å²) in [4.78, 5) is 16.9. The normalized spacial score (nSPS) is 12.1. The largest absolute Gasteiger partial charge is 0.349 e. The van der Waals surface area contributed by atoms with Gasteiger partial charge in [0.25, 0.3) is 0 Å². The van der Waals surface area contributed by atoms with Crippen LogP contribution in [0.2, 0.25) is 0 Å². The fraction of sp³-hybridized carbons (Fsp3) is 0.130. The molecule has 0 spiro atoms. The lowest BCUT2D eigenvalue weighted by Gasteiger charge is -2.14. The number of rotatable bonds is 5. The van der Waals surface area contributed by atoms with E-state index in [2.05, 4.69) is 34.6 Å². The molecule has 0 saturated heterocycles. The van der Waals surface area contributed by atoms with Crippen molar-refractivity contribution in [2.45, 2.75) is 19.4 Å². The topological polar surface area (TPSA) is 42.0 Å². The highest BCUT2D eigenvalue weighted by Gasteiger charge is 2.13. The van der Waals surface area contributed by atoms with Crippen molar-refractivity contribution in [3.63, 3.8) is 0 Å². The summed E-state index contributed by atoms with van der Waals surface area (Å²) in [6.07, 6.45) is 0.198. The number of halogens is 1. The standard InChI is InChI=1S/C23H19FN2OS/c1-15(17-10-9-16-5-2-3-6-18(16)11-17)25-22(27)13-21-14-28-23(26-21)19-7-4-8-20(24)12-19/h2-12,14-15H,13H2,1H3,(H,25,27). The molecular formula is C23H19FN2OS. The molecule has 0 aliphatic carbocycles. The van der Waals surface area contributed by atoms with Gasteiger partial charge >= 0.3 is 0 Å². The molecule has 0 fully saturated rings. The molecule has 3 nitrogen and oxygen atoms in total. The highest BCUT2D eigenvalue weighted by atomic mass is 32.1. The predicted octanol–water partition coefficient (Wildman–Crippen LogP) is 5.52. The van der Waals surface area contributed by atoms with E-state index in [0.29, 0.717) is 10.7 Å². The maximum atomic E-state index is 13.4. The summed E-state index contributed by atoms with van der Waals surface area (Å²) in [6.45, 7) is 1.97. The average molecular weight is 390 g/mol. The fourth-order valence-electron chi connectivity index (χ4n) is 3.16. The van der Waals surface area contributed by atoms with Crippen LogP contribution < -0.4 is 5.32 Å². The minimum atomic E-state index is -0.295. The maximum Gasteiger partial charge on any atom is 0.226 e. The van der Waals surface area contributed by atoms with Crippen LogP contribution in [0.1, 0.15) is 24.2 Å². The van der Waals surface area contributed by atoms with Crippen LogP contribution in [0.15, 0.2) is 72.1 Å². The van der Waals surface area contributed by atoms with Gasteiger partial charge in [0.15, 0.2) is 0 Å². The number of hydrogen-bond acceptors (Lipinski definition) is 3. The van der Waals surface area contributed by atoms with Crippen LogP contribution >= 0.6 is 11.3 Å². The zero-order chi connectivity index (χ0) is 19.5. The average Bonchev–Trinajstić information content (AvgIpc) is 3.16. The molecule has 0 bridgehead atoms. The minimum Gasteiger partial charge on any atom is -0.349 e. The molecule has 1 heterocycles. The number of thiazole rings is 1. The lowest BCUT2D eigenvalue weighted by molar-refractivity contribution is -0.121. The van der Waals surface area contributed by atoms with E-state index in [1.165, 1.54) is 28.9 Å². The second-order valence-electron chi connectivity index (χ2n) is 6.73. The first-order chi connectivity index (χ1) is 13.6. The van der Waals surface area contributed by atoms with Crippen LogP contribution in [-0.2, 0) is 11.2 Å². The summed E-state index contributed by atoms with van der Waals surface area (Å²) in [6, 6.07) is 20.6. The van der Waals surface area contributed by atoms with Gasteiger partial charge in [-0.2, -0.15) is 0 Å². The molecule has 0 aliphatic rings. The van der Waals surface area contributed by atoms with Crippen molar-refractivity contribution in [2.24, 2.45) is 0 Å². The Morgan fingerprint density at radius 3 is 2.71 bits per heavy atom. The first-order valence-electron chi connectivity index (χ1n) is 9.07. The van der Waals surface area contributed by atoms with Gasteiger partial charge in [0.1, 0.15) is 10.8 Å². The molecule has 1 aromatic heterocycles. The van der Waals surface area contributed by atoms with Crippen LogP contribution in [0.4, 0.5) is 4.39 Å². The first kappa shape index (κ1) is 18.3. The molecule has 4 rings (SSSR count). The Kier molecular flexibility index (Phi) is 5.17. The number of amides is 1. The molecule has 5 heteroatoms. The van der Waals surface area contributed by atoms with E-state index in [1.54, 1.807) is 6.07 Å². The quantitative estimate of drug-likeness (QED) is 0.487. The molecule has 0 saturated carbocycles. The van der Waals surface area contributed by atoms with Crippen molar-refractivity contribution in [1.82, 2.24) is 10.3 Å². The molecule has 1 atom stereocenters. The molecule has 0 aliphatic heterocycles. The van der Waals surface area contributed by atoms with Crippen molar-refractivity contribution in [3.05, 3.63) is 89.2 Å².